The maximum Gasteiger partial charge on any atom is 0.253 e. The summed E-state index contributed by atoms with van der Waals surface area (Å²) in [5, 5.41) is 12.9. The number of likely N-dealkylation sites (N-methyl/N-ethyl adjacent to an activating group) is 1. The van der Waals surface area contributed by atoms with E-state index in [4.69, 9.17) is 4.74 Å². The van der Waals surface area contributed by atoms with Gasteiger partial charge < -0.3 is 20.1 Å². The Kier molecular flexibility index (Phi) is 5.59. The van der Waals surface area contributed by atoms with Crippen molar-refractivity contribution in [1.82, 2.24) is 10.2 Å². The number of hydrogen-bond acceptors (Lipinski definition) is 4. The van der Waals surface area contributed by atoms with Gasteiger partial charge in [-0.15, -0.1) is 0 Å². The molecule has 1 aromatic carbocycles. The molecule has 0 bridgehead atoms. The second kappa shape index (κ2) is 7.43. The first-order chi connectivity index (χ1) is 10.1. The van der Waals surface area contributed by atoms with Crippen molar-refractivity contribution in [3.63, 3.8) is 0 Å². The summed E-state index contributed by atoms with van der Waals surface area (Å²) in [6.07, 6.45) is 1.62. The molecule has 1 aliphatic heterocycles. The lowest BCUT2D eigenvalue weighted by atomic mass is 10.1. The Morgan fingerprint density at radius 3 is 2.67 bits per heavy atom. The molecule has 0 saturated carbocycles. The van der Waals surface area contributed by atoms with Gasteiger partial charge >= 0.3 is 0 Å². The lowest BCUT2D eigenvalue weighted by molar-refractivity contribution is 0.0581. The van der Waals surface area contributed by atoms with E-state index in [9.17, 15) is 9.90 Å². The number of β-amino-alcohol motifs (C(OH)–C–C–N with tert-alkyl or cyclic N) is 1. The number of benzene rings is 1. The highest BCUT2D eigenvalue weighted by atomic mass is 16.5. The highest BCUT2D eigenvalue weighted by Gasteiger charge is 2.31. The molecule has 2 rings (SSSR count). The highest BCUT2D eigenvalue weighted by Crippen LogP contribution is 2.16. The normalized spacial score (nSPS) is 21.3. The Morgan fingerprint density at radius 1 is 1.38 bits per heavy atom. The number of carbonyl (C=O) groups excluding carboxylic acids is 1. The van der Waals surface area contributed by atoms with E-state index >= 15 is 0 Å². The molecule has 1 fully saturated rings. The van der Waals surface area contributed by atoms with Crippen LogP contribution in [0.5, 0.6) is 5.75 Å². The molecule has 2 atom stereocenters. The number of unbranched alkanes of at least 4 members (excludes halogenated alkanes) is 1. The zero-order valence-electron chi connectivity index (χ0n) is 12.7. The summed E-state index contributed by atoms with van der Waals surface area (Å²) in [5.41, 5.74) is 0.611. The summed E-state index contributed by atoms with van der Waals surface area (Å²) in [6, 6.07) is 7.02. The Labute approximate surface area is 125 Å². The minimum absolute atomic E-state index is 0.0807. The molecule has 1 heterocycles. The van der Waals surface area contributed by atoms with Gasteiger partial charge in [-0.3, -0.25) is 4.79 Å². The third-order valence-electron chi connectivity index (χ3n) is 3.84. The molecule has 1 aliphatic rings. The summed E-state index contributed by atoms with van der Waals surface area (Å²) >= 11 is 0. The Balaban J connectivity index is 1.96. The molecule has 116 valence electrons. The fraction of sp³-hybridized carbons (Fsp3) is 0.562. The van der Waals surface area contributed by atoms with Gasteiger partial charge in [0, 0.05) is 25.7 Å². The number of ether oxygens (including phenoxy) is 1. The SMILES string of the molecule is CCCCOc1ccc(C(=O)N(C)[C@H]2CNC[C@@H]2O)cc1. The van der Waals surface area contributed by atoms with Gasteiger partial charge in [0.15, 0.2) is 0 Å². The van der Waals surface area contributed by atoms with E-state index in [0.29, 0.717) is 25.3 Å². The highest BCUT2D eigenvalue weighted by molar-refractivity contribution is 5.94. The minimum Gasteiger partial charge on any atom is -0.494 e. The van der Waals surface area contributed by atoms with Gasteiger partial charge in [-0.25, -0.2) is 0 Å². The van der Waals surface area contributed by atoms with Gasteiger partial charge in [0.05, 0.1) is 18.8 Å². The lowest BCUT2D eigenvalue weighted by Crippen LogP contribution is -2.44. The van der Waals surface area contributed by atoms with Crippen LogP contribution in [0, 0.1) is 0 Å². The first-order valence-corrected chi connectivity index (χ1v) is 7.52. The van der Waals surface area contributed by atoms with Gasteiger partial charge in [-0.2, -0.15) is 0 Å². The van der Waals surface area contributed by atoms with Gasteiger partial charge in [-0.1, -0.05) is 13.3 Å². The van der Waals surface area contributed by atoms with Gasteiger partial charge in [-0.05, 0) is 30.7 Å². The summed E-state index contributed by atoms with van der Waals surface area (Å²) in [7, 11) is 1.73. The van der Waals surface area contributed by atoms with Gasteiger partial charge in [0.1, 0.15) is 5.75 Å². The van der Waals surface area contributed by atoms with Crippen molar-refractivity contribution in [1.29, 1.82) is 0 Å². The molecule has 5 heteroatoms. The van der Waals surface area contributed by atoms with Crippen molar-refractivity contribution < 1.29 is 14.6 Å². The van der Waals surface area contributed by atoms with Crippen LogP contribution >= 0.6 is 0 Å². The standard InChI is InChI=1S/C16H24N2O3/c1-3-4-9-21-13-7-5-12(6-8-13)16(20)18(2)14-10-17-11-15(14)19/h5-8,14-15,17,19H,3-4,9-11H2,1-2H3/t14-,15-/m0/s1. The summed E-state index contributed by atoms with van der Waals surface area (Å²) < 4.78 is 5.58. The Bertz CT molecular complexity index is 461. The van der Waals surface area contributed by atoms with Crippen LogP contribution in [-0.2, 0) is 0 Å². The monoisotopic (exact) mass is 292 g/mol. The van der Waals surface area contributed by atoms with E-state index in [-0.39, 0.29) is 11.9 Å². The molecule has 21 heavy (non-hydrogen) atoms. The van der Waals surface area contributed by atoms with Crippen molar-refractivity contribution in [3.8, 4) is 5.75 Å². The summed E-state index contributed by atoms with van der Waals surface area (Å²) in [6.45, 7) is 3.98. The van der Waals surface area contributed by atoms with Crippen LogP contribution in [0.2, 0.25) is 0 Å². The van der Waals surface area contributed by atoms with Crippen LogP contribution in [0.4, 0.5) is 0 Å². The molecule has 5 nitrogen and oxygen atoms in total. The van der Waals surface area contributed by atoms with Crippen LogP contribution < -0.4 is 10.1 Å². The zero-order valence-corrected chi connectivity index (χ0v) is 12.7. The van der Waals surface area contributed by atoms with Gasteiger partial charge in [0.2, 0.25) is 0 Å². The largest absolute Gasteiger partial charge is 0.494 e. The number of aliphatic hydroxyl groups is 1. The first-order valence-electron chi connectivity index (χ1n) is 7.52. The predicted molar refractivity (Wildman–Crippen MR) is 81.6 cm³/mol. The number of hydrogen-bond donors (Lipinski definition) is 2. The molecule has 1 saturated heterocycles. The van der Waals surface area contributed by atoms with Crippen molar-refractivity contribution in [3.05, 3.63) is 29.8 Å². The fourth-order valence-electron chi connectivity index (χ4n) is 2.43. The zero-order chi connectivity index (χ0) is 15.2. The quantitative estimate of drug-likeness (QED) is 0.775. The summed E-state index contributed by atoms with van der Waals surface area (Å²) in [5.74, 6) is 0.702. The second-order valence-electron chi connectivity index (χ2n) is 5.44. The van der Waals surface area contributed by atoms with Crippen molar-refractivity contribution >= 4 is 5.91 Å². The number of nitrogens with zero attached hydrogens (tertiary/aromatic N) is 1. The van der Waals surface area contributed by atoms with Crippen LogP contribution in [0.15, 0.2) is 24.3 Å². The molecular formula is C16H24N2O3. The Hall–Kier alpha value is -1.59. The number of carbonyl (C=O) groups is 1. The van der Waals surface area contributed by atoms with Crippen LogP contribution in [0.25, 0.3) is 0 Å². The molecule has 0 unspecified atom stereocenters. The number of amides is 1. The summed E-state index contributed by atoms with van der Waals surface area (Å²) in [4.78, 5) is 14.0. The first kappa shape index (κ1) is 15.8. The number of rotatable bonds is 6. The van der Waals surface area contributed by atoms with E-state index in [0.717, 1.165) is 18.6 Å². The fourth-order valence-corrected chi connectivity index (χ4v) is 2.43. The van der Waals surface area contributed by atoms with Crippen molar-refractivity contribution in [2.75, 3.05) is 26.7 Å². The van der Waals surface area contributed by atoms with Crippen molar-refractivity contribution in [2.24, 2.45) is 0 Å². The van der Waals surface area contributed by atoms with Crippen LogP contribution in [-0.4, -0.2) is 54.8 Å². The maximum absolute atomic E-state index is 12.4. The van der Waals surface area contributed by atoms with E-state index in [1.165, 1.54) is 0 Å². The van der Waals surface area contributed by atoms with E-state index < -0.39 is 6.10 Å². The van der Waals surface area contributed by atoms with Gasteiger partial charge in [0.25, 0.3) is 5.91 Å². The Morgan fingerprint density at radius 2 is 2.10 bits per heavy atom. The molecule has 2 N–H and O–H groups in total. The molecule has 1 aromatic rings. The molecule has 0 radical (unpaired) electrons. The topological polar surface area (TPSA) is 61.8 Å². The smallest absolute Gasteiger partial charge is 0.253 e. The maximum atomic E-state index is 12.4. The van der Waals surface area contributed by atoms with E-state index in [2.05, 4.69) is 12.2 Å². The molecule has 0 aromatic heterocycles. The second-order valence-corrected chi connectivity index (χ2v) is 5.44. The molecule has 1 amide bonds. The average Bonchev–Trinajstić information content (AvgIpc) is 2.93. The molecular weight excluding hydrogens is 268 g/mol. The van der Waals surface area contributed by atoms with Crippen LogP contribution in [0.3, 0.4) is 0 Å². The third kappa shape index (κ3) is 3.95. The van der Waals surface area contributed by atoms with Crippen molar-refractivity contribution in [2.45, 2.75) is 31.9 Å². The predicted octanol–water partition coefficient (Wildman–Crippen LogP) is 1.27. The average molecular weight is 292 g/mol. The number of nitrogens with one attached hydrogen (secondary N) is 1. The van der Waals surface area contributed by atoms with Crippen LogP contribution in [0.1, 0.15) is 30.1 Å². The molecule has 0 spiro atoms. The van der Waals surface area contributed by atoms with E-state index in [1.54, 1.807) is 24.1 Å². The molecule has 0 aliphatic carbocycles. The third-order valence-corrected chi connectivity index (χ3v) is 3.84. The lowest BCUT2D eigenvalue weighted by Gasteiger charge is -2.26. The minimum atomic E-state index is -0.504. The number of aliphatic hydroxyl groups excluding tert-OH is 1. The van der Waals surface area contributed by atoms with E-state index in [1.807, 2.05) is 12.1 Å².